The maximum absolute atomic E-state index is 13.1. The van der Waals surface area contributed by atoms with Gasteiger partial charge in [0.1, 0.15) is 5.82 Å². The van der Waals surface area contributed by atoms with Crippen LogP contribution in [0.4, 0.5) is 4.39 Å². The van der Waals surface area contributed by atoms with E-state index in [0.717, 1.165) is 12.0 Å². The number of rotatable bonds is 5. The van der Waals surface area contributed by atoms with Gasteiger partial charge in [-0.05, 0) is 35.2 Å². The predicted molar refractivity (Wildman–Crippen MR) is 91.6 cm³/mol. The number of carboxylic acid groups (broad SMARTS) is 1. The molecular formula is C20H20FNO3. The van der Waals surface area contributed by atoms with E-state index in [1.807, 2.05) is 18.2 Å². The first-order valence-electron chi connectivity index (χ1n) is 8.35. The SMILES string of the molecule is O=C(O)CC(CC(=O)N1CCc2ccccc2C1)c1ccc(F)cc1. The lowest BCUT2D eigenvalue weighted by atomic mass is 9.91. The van der Waals surface area contributed by atoms with Crippen LogP contribution in [0.15, 0.2) is 48.5 Å². The third kappa shape index (κ3) is 4.24. The molecule has 5 heteroatoms. The zero-order valence-corrected chi connectivity index (χ0v) is 13.8. The van der Waals surface area contributed by atoms with Crippen LogP contribution in [0.25, 0.3) is 0 Å². The molecule has 0 aromatic heterocycles. The first-order valence-corrected chi connectivity index (χ1v) is 8.35. The molecule has 2 aromatic rings. The standard InChI is InChI=1S/C20H20FNO3/c21-18-7-5-15(6-8-18)17(12-20(24)25)11-19(23)22-10-9-14-3-1-2-4-16(14)13-22/h1-8,17H,9-13H2,(H,24,25). The molecule has 1 unspecified atom stereocenters. The number of halogens is 1. The van der Waals surface area contributed by atoms with Gasteiger partial charge in [-0.1, -0.05) is 36.4 Å². The lowest BCUT2D eigenvalue weighted by molar-refractivity contribution is -0.138. The highest BCUT2D eigenvalue weighted by Gasteiger charge is 2.25. The number of nitrogens with zero attached hydrogens (tertiary/aromatic N) is 1. The molecule has 25 heavy (non-hydrogen) atoms. The fraction of sp³-hybridized carbons (Fsp3) is 0.300. The van der Waals surface area contributed by atoms with Gasteiger partial charge in [0.2, 0.25) is 5.91 Å². The van der Waals surface area contributed by atoms with Crippen molar-refractivity contribution in [3.8, 4) is 0 Å². The van der Waals surface area contributed by atoms with Crippen molar-refractivity contribution in [3.63, 3.8) is 0 Å². The largest absolute Gasteiger partial charge is 0.481 e. The van der Waals surface area contributed by atoms with Gasteiger partial charge in [-0.3, -0.25) is 9.59 Å². The van der Waals surface area contributed by atoms with Gasteiger partial charge in [0.15, 0.2) is 0 Å². The van der Waals surface area contributed by atoms with E-state index in [9.17, 15) is 14.0 Å². The van der Waals surface area contributed by atoms with E-state index < -0.39 is 11.9 Å². The van der Waals surface area contributed by atoms with Crippen LogP contribution in [0, 0.1) is 5.82 Å². The molecule has 1 aliphatic rings. The number of amides is 1. The topological polar surface area (TPSA) is 57.6 Å². The van der Waals surface area contributed by atoms with E-state index in [0.29, 0.717) is 18.7 Å². The van der Waals surface area contributed by atoms with E-state index in [4.69, 9.17) is 5.11 Å². The Morgan fingerprint density at radius 3 is 2.40 bits per heavy atom. The first kappa shape index (κ1) is 17.1. The second-order valence-corrected chi connectivity index (χ2v) is 6.38. The molecule has 0 radical (unpaired) electrons. The molecule has 0 bridgehead atoms. The summed E-state index contributed by atoms with van der Waals surface area (Å²) in [6, 6.07) is 13.7. The van der Waals surface area contributed by atoms with Crippen molar-refractivity contribution in [1.29, 1.82) is 0 Å². The van der Waals surface area contributed by atoms with Crippen molar-refractivity contribution in [1.82, 2.24) is 4.90 Å². The molecule has 1 N–H and O–H groups in total. The summed E-state index contributed by atoms with van der Waals surface area (Å²) in [6.07, 6.45) is 0.768. The zero-order valence-electron chi connectivity index (χ0n) is 13.8. The lowest BCUT2D eigenvalue weighted by Gasteiger charge is -2.30. The molecule has 0 saturated carbocycles. The minimum absolute atomic E-state index is 0.0647. The van der Waals surface area contributed by atoms with Gasteiger partial charge in [-0.15, -0.1) is 0 Å². The third-order valence-electron chi connectivity index (χ3n) is 4.67. The average molecular weight is 341 g/mol. The molecular weight excluding hydrogens is 321 g/mol. The molecule has 0 aliphatic carbocycles. The average Bonchev–Trinajstić information content (AvgIpc) is 2.61. The summed E-state index contributed by atoms with van der Waals surface area (Å²) >= 11 is 0. The molecule has 1 atom stereocenters. The van der Waals surface area contributed by atoms with Crippen LogP contribution in [0.2, 0.25) is 0 Å². The number of hydrogen-bond acceptors (Lipinski definition) is 2. The Labute approximate surface area is 145 Å². The third-order valence-corrected chi connectivity index (χ3v) is 4.67. The molecule has 130 valence electrons. The van der Waals surface area contributed by atoms with Crippen molar-refractivity contribution < 1.29 is 19.1 Å². The van der Waals surface area contributed by atoms with Crippen molar-refractivity contribution in [2.45, 2.75) is 31.7 Å². The van der Waals surface area contributed by atoms with Crippen LogP contribution in [-0.2, 0) is 22.6 Å². The zero-order chi connectivity index (χ0) is 17.8. The quantitative estimate of drug-likeness (QED) is 0.907. The predicted octanol–water partition coefficient (Wildman–Crippen LogP) is 3.36. The summed E-state index contributed by atoms with van der Waals surface area (Å²) < 4.78 is 13.1. The molecule has 1 heterocycles. The maximum Gasteiger partial charge on any atom is 0.303 e. The Morgan fingerprint density at radius 2 is 1.72 bits per heavy atom. The summed E-state index contributed by atoms with van der Waals surface area (Å²) in [5.74, 6) is -1.87. The first-order chi connectivity index (χ1) is 12.0. The Kier molecular flexibility index (Phi) is 5.12. The number of carboxylic acids is 1. The summed E-state index contributed by atoms with van der Waals surface area (Å²) in [7, 11) is 0. The number of carbonyl (C=O) groups is 2. The van der Waals surface area contributed by atoms with Gasteiger partial charge in [-0.2, -0.15) is 0 Å². The van der Waals surface area contributed by atoms with Crippen molar-refractivity contribution in [2.75, 3.05) is 6.54 Å². The Bertz CT molecular complexity index is 773. The molecule has 4 nitrogen and oxygen atoms in total. The van der Waals surface area contributed by atoms with Crippen LogP contribution < -0.4 is 0 Å². The fourth-order valence-corrected chi connectivity index (χ4v) is 3.30. The van der Waals surface area contributed by atoms with Crippen LogP contribution >= 0.6 is 0 Å². The summed E-state index contributed by atoms with van der Waals surface area (Å²) in [5, 5.41) is 9.15. The number of hydrogen-bond donors (Lipinski definition) is 1. The highest BCUT2D eigenvalue weighted by Crippen LogP contribution is 2.27. The smallest absolute Gasteiger partial charge is 0.303 e. The van der Waals surface area contributed by atoms with Gasteiger partial charge in [-0.25, -0.2) is 4.39 Å². The Morgan fingerprint density at radius 1 is 1.04 bits per heavy atom. The van der Waals surface area contributed by atoms with Gasteiger partial charge < -0.3 is 10.0 Å². The number of carbonyl (C=O) groups excluding carboxylic acids is 1. The maximum atomic E-state index is 13.1. The molecule has 3 rings (SSSR count). The lowest BCUT2D eigenvalue weighted by Crippen LogP contribution is -2.36. The van der Waals surface area contributed by atoms with Gasteiger partial charge in [0.25, 0.3) is 0 Å². The van der Waals surface area contributed by atoms with E-state index in [-0.39, 0.29) is 24.6 Å². The monoisotopic (exact) mass is 341 g/mol. The molecule has 1 amide bonds. The highest BCUT2D eigenvalue weighted by atomic mass is 19.1. The van der Waals surface area contributed by atoms with E-state index in [2.05, 4.69) is 6.07 Å². The van der Waals surface area contributed by atoms with Gasteiger partial charge in [0, 0.05) is 25.4 Å². The van der Waals surface area contributed by atoms with E-state index in [1.54, 1.807) is 17.0 Å². The second kappa shape index (κ2) is 7.47. The minimum atomic E-state index is -0.967. The highest BCUT2D eigenvalue weighted by molar-refractivity contribution is 5.79. The normalized spacial score (nSPS) is 14.7. The summed E-state index contributed by atoms with van der Waals surface area (Å²) in [5.41, 5.74) is 3.07. The molecule has 1 aliphatic heterocycles. The van der Waals surface area contributed by atoms with Crippen molar-refractivity contribution in [2.24, 2.45) is 0 Å². The number of fused-ring (bicyclic) bond motifs is 1. The molecule has 2 aromatic carbocycles. The molecule has 0 saturated heterocycles. The van der Waals surface area contributed by atoms with E-state index in [1.165, 1.54) is 17.7 Å². The minimum Gasteiger partial charge on any atom is -0.481 e. The Balaban J connectivity index is 1.72. The van der Waals surface area contributed by atoms with Crippen LogP contribution in [0.1, 0.15) is 35.4 Å². The van der Waals surface area contributed by atoms with Crippen molar-refractivity contribution >= 4 is 11.9 Å². The van der Waals surface area contributed by atoms with Crippen LogP contribution in [0.5, 0.6) is 0 Å². The molecule has 0 fully saturated rings. The van der Waals surface area contributed by atoms with E-state index >= 15 is 0 Å². The van der Waals surface area contributed by atoms with Crippen LogP contribution in [-0.4, -0.2) is 28.4 Å². The fourth-order valence-electron chi connectivity index (χ4n) is 3.30. The number of benzene rings is 2. The number of aliphatic carboxylic acids is 1. The summed E-state index contributed by atoms with van der Waals surface area (Å²) in [4.78, 5) is 25.6. The van der Waals surface area contributed by atoms with Gasteiger partial charge in [0.05, 0.1) is 6.42 Å². The Hall–Kier alpha value is -2.69. The van der Waals surface area contributed by atoms with Gasteiger partial charge >= 0.3 is 5.97 Å². The summed E-state index contributed by atoms with van der Waals surface area (Å²) in [6.45, 7) is 1.19. The molecule has 0 spiro atoms. The second-order valence-electron chi connectivity index (χ2n) is 6.38. The van der Waals surface area contributed by atoms with Crippen LogP contribution in [0.3, 0.4) is 0 Å². The van der Waals surface area contributed by atoms with Crippen molar-refractivity contribution in [3.05, 3.63) is 71.0 Å².